The zero-order valence-corrected chi connectivity index (χ0v) is 17.0. The van der Waals surface area contributed by atoms with Crippen LogP contribution < -0.4 is 4.90 Å². The van der Waals surface area contributed by atoms with Crippen molar-refractivity contribution in [1.82, 2.24) is 0 Å². The van der Waals surface area contributed by atoms with Crippen LogP contribution in [0, 0.1) is 23.2 Å². The summed E-state index contributed by atoms with van der Waals surface area (Å²) in [6.45, 7) is 6.50. The molecule has 1 saturated carbocycles. The number of carboxylic acid groups (broad SMARTS) is 1. The van der Waals surface area contributed by atoms with Crippen LogP contribution >= 0.6 is 11.3 Å². The van der Waals surface area contributed by atoms with E-state index in [2.05, 4.69) is 11.8 Å². The highest BCUT2D eigenvalue weighted by Gasteiger charge is 2.38. The van der Waals surface area contributed by atoms with Gasteiger partial charge in [0.05, 0.1) is 23.2 Å². The molecule has 146 valence electrons. The Morgan fingerprint density at radius 1 is 1.30 bits per heavy atom. The molecule has 1 aliphatic carbocycles. The van der Waals surface area contributed by atoms with Crippen LogP contribution in [-0.2, 0) is 9.53 Å². The average molecular weight is 390 g/mol. The molecule has 1 aliphatic heterocycles. The lowest BCUT2D eigenvalue weighted by Gasteiger charge is -2.41. The van der Waals surface area contributed by atoms with E-state index in [9.17, 15) is 14.7 Å². The Labute approximate surface area is 164 Å². The van der Waals surface area contributed by atoms with E-state index in [1.165, 1.54) is 6.42 Å². The molecular formula is C21H27NO4S. The van der Waals surface area contributed by atoms with Crippen LogP contribution in [0.1, 0.15) is 67.4 Å². The summed E-state index contributed by atoms with van der Waals surface area (Å²) in [5.41, 5.74) is 0.307. The van der Waals surface area contributed by atoms with E-state index in [0.717, 1.165) is 37.0 Å². The number of hydrogen-bond donors (Lipinski definition) is 1. The van der Waals surface area contributed by atoms with E-state index in [1.54, 1.807) is 11.0 Å². The molecule has 2 fully saturated rings. The van der Waals surface area contributed by atoms with Crippen molar-refractivity contribution in [3.8, 4) is 11.8 Å². The minimum Gasteiger partial charge on any atom is -0.477 e. The molecule has 5 nitrogen and oxygen atoms in total. The standard InChI is InChI=1S/C21H27NO4S/c1-21(2,3)10-9-15-11-16(19(27-15)20(24)25)22-17(12-26-13-18(22)23)14-7-5-4-6-8-14/h11,14,17H,4-8,12-13H2,1-3H3,(H,24,25)/t17-/m0/s1. The molecule has 1 aromatic heterocycles. The fraction of sp³-hybridized carbons (Fsp3) is 0.619. The predicted molar refractivity (Wildman–Crippen MR) is 106 cm³/mol. The van der Waals surface area contributed by atoms with Crippen molar-refractivity contribution < 1.29 is 19.4 Å². The summed E-state index contributed by atoms with van der Waals surface area (Å²) in [4.78, 5) is 27.1. The molecule has 1 aromatic rings. The Kier molecular flexibility index (Phi) is 5.92. The van der Waals surface area contributed by atoms with Crippen LogP contribution in [0.3, 0.4) is 0 Å². The van der Waals surface area contributed by atoms with E-state index in [4.69, 9.17) is 4.74 Å². The summed E-state index contributed by atoms with van der Waals surface area (Å²) in [7, 11) is 0. The van der Waals surface area contributed by atoms with Crippen molar-refractivity contribution in [3.63, 3.8) is 0 Å². The van der Waals surface area contributed by atoms with Gasteiger partial charge in [0.1, 0.15) is 11.5 Å². The number of amides is 1. The highest BCUT2D eigenvalue weighted by atomic mass is 32.1. The van der Waals surface area contributed by atoms with E-state index in [1.807, 2.05) is 20.8 Å². The minimum atomic E-state index is -1.01. The van der Waals surface area contributed by atoms with Gasteiger partial charge in [0, 0.05) is 5.41 Å². The second kappa shape index (κ2) is 8.04. The number of anilines is 1. The lowest BCUT2D eigenvalue weighted by molar-refractivity contribution is -0.128. The third kappa shape index (κ3) is 4.72. The maximum Gasteiger partial charge on any atom is 0.348 e. The first-order valence-corrected chi connectivity index (χ1v) is 10.4. The molecule has 0 bridgehead atoms. The Morgan fingerprint density at radius 3 is 2.63 bits per heavy atom. The summed E-state index contributed by atoms with van der Waals surface area (Å²) in [5.74, 6) is 5.41. The molecule has 0 aromatic carbocycles. The molecule has 2 aliphatic rings. The van der Waals surface area contributed by atoms with E-state index < -0.39 is 5.97 Å². The Balaban J connectivity index is 1.99. The van der Waals surface area contributed by atoms with Crippen molar-refractivity contribution in [2.24, 2.45) is 11.3 Å². The number of morpholine rings is 1. The second-order valence-electron chi connectivity index (χ2n) is 8.37. The van der Waals surface area contributed by atoms with Gasteiger partial charge >= 0.3 is 5.97 Å². The molecule has 1 saturated heterocycles. The number of rotatable bonds is 3. The maximum absolute atomic E-state index is 12.7. The molecule has 0 unspecified atom stereocenters. The number of carboxylic acids is 1. The predicted octanol–water partition coefficient (Wildman–Crippen LogP) is 4.16. The zero-order chi connectivity index (χ0) is 19.6. The highest BCUT2D eigenvalue weighted by molar-refractivity contribution is 7.15. The molecule has 3 rings (SSSR count). The van der Waals surface area contributed by atoms with E-state index in [-0.39, 0.29) is 28.8 Å². The van der Waals surface area contributed by atoms with E-state index in [0.29, 0.717) is 23.1 Å². The number of hydrogen-bond acceptors (Lipinski definition) is 4. The van der Waals surface area contributed by atoms with Crippen LogP contribution in [0.15, 0.2) is 6.07 Å². The molecule has 1 amide bonds. The first kappa shape index (κ1) is 19.9. The average Bonchev–Trinajstić information content (AvgIpc) is 3.04. The molecule has 6 heteroatoms. The summed E-state index contributed by atoms with van der Waals surface area (Å²) >= 11 is 1.14. The van der Waals surface area contributed by atoms with Crippen molar-refractivity contribution in [3.05, 3.63) is 15.8 Å². The first-order valence-electron chi connectivity index (χ1n) is 9.56. The van der Waals surface area contributed by atoms with Crippen LogP contribution in [0.25, 0.3) is 0 Å². The molecule has 27 heavy (non-hydrogen) atoms. The fourth-order valence-corrected chi connectivity index (χ4v) is 4.64. The molecule has 1 N–H and O–H groups in total. The van der Waals surface area contributed by atoms with Crippen molar-refractivity contribution in [1.29, 1.82) is 0 Å². The minimum absolute atomic E-state index is 0.00112. The van der Waals surface area contributed by atoms with Gasteiger partial charge in [0.25, 0.3) is 5.91 Å². The van der Waals surface area contributed by atoms with Crippen LogP contribution in [0.2, 0.25) is 0 Å². The molecule has 0 radical (unpaired) electrons. The molecule has 0 spiro atoms. The van der Waals surface area contributed by atoms with Crippen LogP contribution in [-0.4, -0.2) is 36.2 Å². The number of carbonyl (C=O) groups excluding carboxylic acids is 1. The smallest absolute Gasteiger partial charge is 0.348 e. The van der Waals surface area contributed by atoms with Gasteiger partial charge in [-0.1, -0.05) is 31.1 Å². The van der Waals surface area contributed by atoms with Gasteiger partial charge in [-0.3, -0.25) is 4.79 Å². The summed E-state index contributed by atoms with van der Waals surface area (Å²) < 4.78 is 5.54. The quantitative estimate of drug-likeness (QED) is 0.789. The van der Waals surface area contributed by atoms with Gasteiger partial charge in [0.2, 0.25) is 0 Å². The Morgan fingerprint density at radius 2 is 2.00 bits per heavy atom. The van der Waals surface area contributed by atoms with Crippen molar-refractivity contribution >= 4 is 28.9 Å². The summed E-state index contributed by atoms with van der Waals surface area (Å²) in [5, 5.41) is 9.71. The number of nitrogens with zero attached hydrogens (tertiary/aromatic N) is 1. The number of aromatic carboxylic acids is 1. The third-order valence-electron chi connectivity index (χ3n) is 5.04. The summed E-state index contributed by atoms with van der Waals surface area (Å²) in [6, 6.07) is 1.68. The Hall–Kier alpha value is -1.84. The van der Waals surface area contributed by atoms with Gasteiger partial charge < -0.3 is 14.7 Å². The topological polar surface area (TPSA) is 66.8 Å². The highest BCUT2D eigenvalue weighted by Crippen LogP contribution is 2.37. The SMILES string of the molecule is CC(C)(C)C#Cc1cc(N2C(=O)COC[C@H]2C2CCCCC2)c(C(=O)O)s1. The molecular weight excluding hydrogens is 362 g/mol. The van der Waals surface area contributed by atoms with Gasteiger partial charge in [-0.2, -0.15) is 0 Å². The van der Waals surface area contributed by atoms with Gasteiger partial charge in [0.15, 0.2) is 0 Å². The monoisotopic (exact) mass is 389 g/mol. The first-order chi connectivity index (χ1) is 12.8. The van der Waals surface area contributed by atoms with Gasteiger partial charge in [-0.25, -0.2) is 4.79 Å². The third-order valence-corrected chi connectivity index (χ3v) is 6.06. The normalized spacial score (nSPS) is 21.7. The number of thiophene rings is 1. The lowest BCUT2D eigenvalue weighted by atomic mass is 9.83. The number of carbonyl (C=O) groups is 2. The molecule has 1 atom stereocenters. The van der Waals surface area contributed by atoms with Crippen LogP contribution in [0.5, 0.6) is 0 Å². The fourth-order valence-electron chi connectivity index (χ4n) is 3.80. The summed E-state index contributed by atoms with van der Waals surface area (Å²) in [6.07, 6.45) is 5.65. The second-order valence-corrected chi connectivity index (χ2v) is 9.43. The zero-order valence-electron chi connectivity index (χ0n) is 16.2. The lowest BCUT2D eigenvalue weighted by Crippen LogP contribution is -2.53. The van der Waals surface area contributed by atoms with Crippen molar-refractivity contribution in [2.45, 2.75) is 58.9 Å². The molecule has 2 heterocycles. The maximum atomic E-state index is 12.7. The van der Waals surface area contributed by atoms with Crippen molar-refractivity contribution in [2.75, 3.05) is 18.1 Å². The van der Waals surface area contributed by atoms with Gasteiger partial charge in [-0.15, -0.1) is 11.3 Å². The Bertz CT molecular complexity index is 774. The van der Waals surface area contributed by atoms with E-state index >= 15 is 0 Å². The van der Waals surface area contributed by atoms with Gasteiger partial charge in [-0.05, 0) is 45.6 Å². The largest absolute Gasteiger partial charge is 0.477 e. The number of ether oxygens (including phenoxy) is 1. The van der Waals surface area contributed by atoms with Crippen LogP contribution in [0.4, 0.5) is 5.69 Å².